The Morgan fingerprint density at radius 1 is 1.29 bits per heavy atom. The van der Waals surface area contributed by atoms with E-state index in [1.54, 1.807) is 0 Å². The molecule has 1 aromatic carbocycles. The number of anilines is 1. The van der Waals surface area contributed by atoms with E-state index >= 15 is 0 Å². The molecule has 1 aliphatic rings. The quantitative estimate of drug-likeness (QED) is 0.597. The zero-order chi connectivity index (χ0) is 18.0. The lowest BCUT2D eigenvalue weighted by atomic mass is 9.85. The molecular formula is C16H25N3O4S. The Labute approximate surface area is 143 Å². The molecule has 1 aromatic rings. The van der Waals surface area contributed by atoms with Gasteiger partial charge in [0.05, 0.1) is 9.82 Å². The van der Waals surface area contributed by atoms with E-state index in [0.717, 1.165) is 31.7 Å². The van der Waals surface area contributed by atoms with Gasteiger partial charge >= 0.3 is 0 Å². The first-order valence-corrected chi connectivity index (χ1v) is 9.89. The Morgan fingerprint density at radius 3 is 2.42 bits per heavy atom. The van der Waals surface area contributed by atoms with Crippen molar-refractivity contribution in [1.29, 1.82) is 0 Å². The highest BCUT2D eigenvalue weighted by Gasteiger charge is 2.34. The molecule has 1 saturated carbocycles. The van der Waals surface area contributed by atoms with Gasteiger partial charge in [0.2, 0.25) is 0 Å². The van der Waals surface area contributed by atoms with Gasteiger partial charge in [-0.25, -0.2) is 8.42 Å². The minimum absolute atomic E-state index is 0.0383. The van der Waals surface area contributed by atoms with Crippen LogP contribution in [0.4, 0.5) is 11.4 Å². The SMILES string of the molecule is CN(C)CC1(CNc2ccc(S(C)(=O)=O)cc2[N+](=O)[O-])CCCC1. The van der Waals surface area contributed by atoms with Gasteiger partial charge in [0.1, 0.15) is 5.69 Å². The lowest BCUT2D eigenvalue weighted by molar-refractivity contribution is -0.384. The van der Waals surface area contributed by atoms with Crippen LogP contribution in [0.5, 0.6) is 0 Å². The Morgan fingerprint density at radius 2 is 1.92 bits per heavy atom. The Kier molecular flexibility index (Phi) is 5.49. The molecule has 1 aliphatic carbocycles. The average molecular weight is 355 g/mol. The summed E-state index contributed by atoms with van der Waals surface area (Å²) in [6.45, 7) is 1.57. The van der Waals surface area contributed by atoms with Gasteiger partial charge in [-0.05, 0) is 39.1 Å². The Hall–Kier alpha value is -1.67. The van der Waals surface area contributed by atoms with Crippen molar-refractivity contribution in [2.45, 2.75) is 30.6 Å². The normalized spacial score (nSPS) is 17.2. The first kappa shape index (κ1) is 18.7. The van der Waals surface area contributed by atoms with Crippen LogP contribution in [0.15, 0.2) is 23.1 Å². The first-order chi connectivity index (χ1) is 11.1. The van der Waals surface area contributed by atoms with Gasteiger partial charge < -0.3 is 10.2 Å². The lowest BCUT2D eigenvalue weighted by Gasteiger charge is -2.32. The molecule has 0 atom stereocenters. The van der Waals surface area contributed by atoms with E-state index < -0.39 is 14.8 Å². The zero-order valence-corrected chi connectivity index (χ0v) is 15.2. The molecule has 1 fully saturated rings. The molecule has 0 aromatic heterocycles. The van der Waals surface area contributed by atoms with Crippen LogP contribution in [0.3, 0.4) is 0 Å². The molecule has 0 heterocycles. The van der Waals surface area contributed by atoms with Crippen molar-refractivity contribution in [3.63, 3.8) is 0 Å². The molecule has 0 saturated heterocycles. The summed E-state index contributed by atoms with van der Waals surface area (Å²) >= 11 is 0. The molecular weight excluding hydrogens is 330 g/mol. The topological polar surface area (TPSA) is 92.6 Å². The molecule has 7 nitrogen and oxygen atoms in total. The van der Waals surface area contributed by atoms with Gasteiger partial charge in [-0.1, -0.05) is 12.8 Å². The number of hydrogen-bond donors (Lipinski definition) is 1. The van der Waals surface area contributed by atoms with E-state index in [2.05, 4.69) is 10.2 Å². The number of sulfone groups is 1. The average Bonchev–Trinajstić information content (AvgIpc) is 2.91. The highest BCUT2D eigenvalue weighted by molar-refractivity contribution is 7.90. The minimum Gasteiger partial charge on any atom is -0.379 e. The van der Waals surface area contributed by atoms with Crippen molar-refractivity contribution >= 4 is 21.2 Å². The fourth-order valence-corrected chi connectivity index (χ4v) is 4.15. The summed E-state index contributed by atoms with van der Waals surface area (Å²) in [6.07, 6.45) is 5.57. The standard InChI is InChI=1S/C16H25N3O4S/c1-18(2)12-16(8-4-5-9-16)11-17-14-7-6-13(24(3,22)23)10-15(14)19(20)21/h6-7,10,17H,4-5,8-9,11-12H2,1-3H3. The van der Waals surface area contributed by atoms with Crippen molar-refractivity contribution in [3.8, 4) is 0 Å². The largest absolute Gasteiger partial charge is 0.379 e. The van der Waals surface area contributed by atoms with Crippen LogP contribution in [-0.2, 0) is 9.84 Å². The van der Waals surface area contributed by atoms with Crippen molar-refractivity contribution in [2.75, 3.05) is 38.8 Å². The summed E-state index contributed by atoms with van der Waals surface area (Å²) in [7, 11) is 0.589. The highest BCUT2D eigenvalue weighted by atomic mass is 32.2. The third-order valence-electron chi connectivity index (χ3n) is 4.56. The molecule has 8 heteroatoms. The number of nitrogens with zero attached hydrogens (tertiary/aromatic N) is 2. The maximum Gasteiger partial charge on any atom is 0.293 e. The van der Waals surface area contributed by atoms with Gasteiger partial charge in [0.15, 0.2) is 9.84 Å². The predicted molar refractivity (Wildman–Crippen MR) is 94.2 cm³/mol. The van der Waals surface area contributed by atoms with Crippen LogP contribution in [0.1, 0.15) is 25.7 Å². The van der Waals surface area contributed by atoms with Crippen molar-refractivity contribution in [3.05, 3.63) is 28.3 Å². The lowest BCUT2D eigenvalue weighted by Crippen LogP contribution is -2.37. The summed E-state index contributed by atoms with van der Waals surface area (Å²) in [4.78, 5) is 12.9. The first-order valence-electron chi connectivity index (χ1n) is 8.00. The van der Waals surface area contributed by atoms with Gasteiger partial charge in [-0.2, -0.15) is 0 Å². The van der Waals surface area contributed by atoms with Gasteiger partial charge in [0.25, 0.3) is 5.69 Å². The third kappa shape index (κ3) is 4.45. The van der Waals surface area contributed by atoms with Gasteiger partial charge in [-0.15, -0.1) is 0 Å². The number of nitro groups is 1. The molecule has 0 unspecified atom stereocenters. The van der Waals surface area contributed by atoms with Gasteiger partial charge in [0, 0.05) is 30.8 Å². The van der Waals surface area contributed by atoms with Crippen molar-refractivity contribution in [2.24, 2.45) is 5.41 Å². The molecule has 0 radical (unpaired) electrons. The monoisotopic (exact) mass is 355 g/mol. The molecule has 0 spiro atoms. The minimum atomic E-state index is -3.47. The third-order valence-corrected chi connectivity index (χ3v) is 5.67. The molecule has 0 amide bonds. The molecule has 24 heavy (non-hydrogen) atoms. The molecule has 2 rings (SSSR count). The second-order valence-electron chi connectivity index (χ2n) is 7.01. The summed E-state index contributed by atoms with van der Waals surface area (Å²) in [5, 5.41) is 14.5. The van der Waals surface area contributed by atoms with Crippen LogP contribution < -0.4 is 5.32 Å². The summed E-state index contributed by atoms with van der Waals surface area (Å²) in [5.41, 5.74) is 0.278. The number of rotatable bonds is 7. The van der Waals surface area contributed by atoms with Crippen LogP contribution in [0.2, 0.25) is 0 Å². The second kappa shape index (κ2) is 7.06. The highest BCUT2D eigenvalue weighted by Crippen LogP contribution is 2.39. The molecule has 1 N–H and O–H groups in total. The van der Waals surface area contributed by atoms with Crippen LogP contribution in [0.25, 0.3) is 0 Å². The predicted octanol–water partition coefficient (Wildman–Crippen LogP) is 2.53. The van der Waals surface area contributed by atoms with Crippen molar-refractivity contribution < 1.29 is 13.3 Å². The summed E-state index contributed by atoms with van der Waals surface area (Å²) in [6, 6.07) is 4.04. The molecule has 134 valence electrons. The summed E-state index contributed by atoms with van der Waals surface area (Å²) in [5.74, 6) is 0. The number of nitro benzene ring substituents is 1. The number of nitrogens with one attached hydrogen (secondary N) is 1. The smallest absolute Gasteiger partial charge is 0.293 e. The van der Waals surface area contributed by atoms with E-state index in [0.29, 0.717) is 12.2 Å². The fourth-order valence-electron chi connectivity index (χ4n) is 3.51. The number of benzene rings is 1. The Bertz CT molecular complexity index is 710. The zero-order valence-electron chi connectivity index (χ0n) is 14.4. The number of hydrogen-bond acceptors (Lipinski definition) is 6. The van der Waals surface area contributed by atoms with E-state index in [1.807, 2.05) is 14.1 Å². The fraction of sp³-hybridized carbons (Fsp3) is 0.625. The van der Waals surface area contributed by atoms with Crippen LogP contribution in [0, 0.1) is 15.5 Å². The molecule has 0 bridgehead atoms. The van der Waals surface area contributed by atoms with E-state index in [-0.39, 0.29) is 16.0 Å². The van der Waals surface area contributed by atoms with Crippen molar-refractivity contribution in [1.82, 2.24) is 4.90 Å². The maximum atomic E-state index is 11.6. The van der Waals surface area contributed by atoms with Gasteiger partial charge in [-0.3, -0.25) is 10.1 Å². The Balaban J connectivity index is 2.24. The summed E-state index contributed by atoms with van der Waals surface area (Å²) < 4.78 is 23.2. The molecule has 0 aliphatic heterocycles. The van der Waals surface area contributed by atoms with E-state index in [9.17, 15) is 18.5 Å². The van der Waals surface area contributed by atoms with Crippen LogP contribution >= 0.6 is 0 Å². The van der Waals surface area contributed by atoms with Crippen LogP contribution in [-0.4, -0.2) is 51.7 Å². The maximum absolute atomic E-state index is 11.6. The second-order valence-corrected chi connectivity index (χ2v) is 9.02. The van der Waals surface area contributed by atoms with E-state index in [4.69, 9.17) is 0 Å². The van der Waals surface area contributed by atoms with E-state index in [1.165, 1.54) is 25.0 Å².